The molecule has 0 saturated heterocycles. The van der Waals surface area contributed by atoms with E-state index in [1.165, 1.54) is 5.69 Å². The number of amides is 1. The predicted octanol–water partition coefficient (Wildman–Crippen LogP) is 1.75. The third kappa shape index (κ3) is 5.28. The van der Waals surface area contributed by atoms with Crippen molar-refractivity contribution in [2.24, 2.45) is 0 Å². The van der Waals surface area contributed by atoms with Gasteiger partial charge in [-0.1, -0.05) is 30.3 Å². The first-order valence-electron chi connectivity index (χ1n) is 9.91. The van der Waals surface area contributed by atoms with Crippen LogP contribution >= 0.6 is 12.4 Å². The van der Waals surface area contributed by atoms with Crippen molar-refractivity contribution in [2.45, 2.75) is 32.5 Å². The third-order valence-electron chi connectivity index (χ3n) is 5.27. The first kappa shape index (κ1) is 22.4. The molecule has 166 valence electrons. The molecule has 0 radical (unpaired) electrons. The highest BCUT2D eigenvalue weighted by Gasteiger charge is 2.25. The molecule has 3 aromatic rings. The smallest absolute Gasteiger partial charge is 0.410 e. The monoisotopic (exact) mass is 446 g/mol. The summed E-state index contributed by atoms with van der Waals surface area (Å²) in [5.41, 5.74) is 16.6. The number of halogens is 1. The summed E-state index contributed by atoms with van der Waals surface area (Å²) in [5, 5.41) is 16.9. The molecule has 31 heavy (non-hydrogen) atoms. The van der Waals surface area contributed by atoms with Crippen LogP contribution in [-0.2, 0) is 37.3 Å². The largest absolute Gasteiger partial charge is 0.445 e. The summed E-state index contributed by atoms with van der Waals surface area (Å²) < 4.78 is 5.31. The van der Waals surface area contributed by atoms with Crippen molar-refractivity contribution in [3.8, 4) is 0 Å². The molecule has 10 nitrogen and oxygen atoms in total. The van der Waals surface area contributed by atoms with Gasteiger partial charge in [0.1, 0.15) is 18.2 Å². The molecule has 0 aliphatic carbocycles. The lowest BCUT2D eigenvalue weighted by molar-refractivity contribution is 0.0918. The first-order valence-corrected chi connectivity index (χ1v) is 9.91. The van der Waals surface area contributed by atoms with Crippen LogP contribution in [0.4, 0.5) is 16.4 Å². The van der Waals surface area contributed by atoms with Gasteiger partial charge in [-0.15, -0.1) is 12.4 Å². The highest BCUT2D eigenvalue weighted by Crippen LogP contribution is 2.22. The Labute approximate surface area is 186 Å². The summed E-state index contributed by atoms with van der Waals surface area (Å²) in [4.78, 5) is 13.7. The second-order valence-corrected chi connectivity index (χ2v) is 7.27. The number of carbonyl (C=O) groups is 1. The fourth-order valence-corrected chi connectivity index (χ4v) is 3.53. The fourth-order valence-electron chi connectivity index (χ4n) is 3.53. The van der Waals surface area contributed by atoms with Gasteiger partial charge in [0.05, 0.1) is 6.54 Å². The Morgan fingerprint density at radius 3 is 2.42 bits per heavy atom. The van der Waals surface area contributed by atoms with E-state index in [0.717, 1.165) is 48.3 Å². The second kappa shape index (κ2) is 10.2. The molecule has 2 aliphatic rings. The molecule has 2 aromatic heterocycles. The Kier molecular flexibility index (Phi) is 7.37. The average molecular weight is 447 g/mol. The molecule has 1 amide bonds. The number of fused-ring (bicyclic) bond motifs is 2. The van der Waals surface area contributed by atoms with E-state index in [1.807, 2.05) is 30.3 Å². The van der Waals surface area contributed by atoms with E-state index in [-0.39, 0.29) is 25.1 Å². The van der Waals surface area contributed by atoms with Crippen LogP contribution in [0.2, 0.25) is 0 Å². The molecule has 0 bridgehead atoms. The molecule has 0 atom stereocenters. The van der Waals surface area contributed by atoms with Gasteiger partial charge in [-0.3, -0.25) is 10.2 Å². The lowest BCUT2D eigenvalue weighted by atomic mass is 10.1. The van der Waals surface area contributed by atoms with Crippen LogP contribution in [-0.4, -0.2) is 44.5 Å². The van der Waals surface area contributed by atoms with Crippen LogP contribution in [0.25, 0.3) is 0 Å². The van der Waals surface area contributed by atoms with Gasteiger partial charge in [-0.05, 0) is 5.56 Å². The molecule has 0 spiro atoms. The number of rotatable bonds is 2. The van der Waals surface area contributed by atoms with Crippen LogP contribution < -0.4 is 16.8 Å². The van der Waals surface area contributed by atoms with E-state index < -0.39 is 0 Å². The molecule has 5 rings (SSSR count). The van der Waals surface area contributed by atoms with Gasteiger partial charge in [0.25, 0.3) is 0 Å². The number of anilines is 2. The van der Waals surface area contributed by atoms with Crippen molar-refractivity contribution in [1.82, 2.24) is 30.6 Å². The Morgan fingerprint density at radius 1 is 1.03 bits per heavy atom. The number of H-pyrrole nitrogens is 2. The predicted molar refractivity (Wildman–Crippen MR) is 119 cm³/mol. The van der Waals surface area contributed by atoms with Crippen LogP contribution in [0.3, 0.4) is 0 Å². The SMILES string of the molecule is Cl.Nc1n[nH]c2c1CN(C(=O)OCc1ccccc1)CC2.Nc1n[nH]c2c1CNCC2. The van der Waals surface area contributed by atoms with E-state index in [4.69, 9.17) is 16.2 Å². The van der Waals surface area contributed by atoms with E-state index in [0.29, 0.717) is 24.7 Å². The summed E-state index contributed by atoms with van der Waals surface area (Å²) in [6.07, 6.45) is 1.42. The first-order chi connectivity index (χ1) is 14.6. The number of aromatic nitrogens is 4. The van der Waals surface area contributed by atoms with Gasteiger partial charge < -0.3 is 26.4 Å². The van der Waals surface area contributed by atoms with Crippen molar-refractivity contribution < 1.29 is 9.53 Å². The zero-order valence-corrected chi connectivity index (χ0v) is 17.9. The molecule has 0 fully saturated rings. The number of carbonyl (C=O) groups excluding carboxylic acids is 1. The van der Waals surface area contributed by atoms with E-state index in [2.05, 4.69) is 25.7 Å². The maximum absolute atomic E-state index is 12.0. The zero-order valence-electron chi connectivity index (χ0n) is 17.1. The number of nitrogens with one attached hydrogen (secondary N) is 3. The van der Waals surface area contributed by atoms with E-state index >= 15 is 0 Å². The summed E-state index contributed by atoms with van der Waals surface area (Å²) in [6.45, 7) is 3.23. The summed E-state index contributed by atoms with van der Waals surface area (Å²) >= 11 is 0. The second-order valence-electron chi connectivity index (χ2n) is 7.27. The summed E-state index contributed by atoms with van der Waals surface area (Å²) in [6, 6.07) is 9.62. The molecular weight excluding hydrogens is 420 g/mol. The molecule has 1 aromatic carbocycles. The molecule has 7 N–H and O–H groups in total. The van der Waals surface area contributed by atoms with Crippen LogP contribution in [0.1, 0.15) is 28.1 Å². The number of hydrogen-bond acceptors (Lipinski definition) is 7. The number of benzene rings is 1. The summed E-state index contributed by atoms with van der Waals surface area (Å²) in [5.74, 6) is 1.10. The Balaban J connectivity index is 0.000000208. The van der Waals surface area contributed by atoms with E-state index in [9.17, 15) is 4.79 Å². The Bertz CT molecular complexity index is 1000. The lowest BCUT2D eigenvalue weighted by Gasteiger charge is -2.26. The van der Waals surface area contributed by atoms with Crippen molar-refractivity contribution in [3.63, 3.8) is 0 Å². The van der Waals surface area contributed by atoms with Crippen LogP contribution in [0.15, 0.2) is 30.3 Å². The van der Waals surface area contributed by atoms with Gasteiger partial charge in [0, 0.05) is 55.0 Å². The van der Waals surface area contributed by atoms with Gasteiger partial charge in [-0.2, -0.15) is 10.2 Å². The molecule has 4 heterocycles. The third-order valence-corrected chi connectivity index (χ3v) is 5.27. The molecule has 0 saturated carbocycles. The Hall–Kier alpha value is -3.24. The zero-order chi connectivity index (χ0) is 20.9. The quantitative estimate of drug-likeness (QED) is 0.402. The van der Waals surface area contributed by atoms with Gasteiger partial charge in [0.15, 0.2) is 0 Å². The van der Waals surface area contributed by atoms with Crippen molar-refractivity contribution in [3.05, 3.63) is 58.4 Å². The van der Waals surface area contributed by atoms with Gasteiger partial charge in [0.2, 0.25) is 0 Å². The van der Waals surface area contributed by atoms with Gasteiger partial charge >= 0.3 is 6.09 Å². The van der Waals surface area contributed by atoms with Crippen molar-refractivity contribution >= 4 is 30.1 Å². The molecule has 2 aliphatic heterocycles. The minimum atomic E-state index is -0.319. The molecular formula is C20H27ClN8O2. The van der Waals surface area contributed by atoms with Crippen molar-refractivity contribution in [2.75, 3.05) is 24.6 Å². The topological polar surface area (TPSA) is 151 Å². The highest BCUT2D eigenvalue weighted by molar-refractivity contribution is 5.85. The lowest BCUT2D eigenvalue weighted by Crippen LogP contribution is -2.36. The molecule has 11 heteroatoms. The maximum Gasteiger partial charge on any atom is 0.410 e. The number of nitrogen functional groups attached to an aromatic ring is 2. The number of ether oxygens (including phenoxy) is 1. The number of nitrogens with zero attached hydrogens (tertiary/aromatic N) is 3. The average Bonchev–Trinajstić information content (AvgIpc) is 3.36. The highest BCUT2D eigenvalue weighted by atomic mass is 35.5. The molecule has 0 unspecified atom stereocenters. The normalized spacial score (nSPS) is 14.4. The van der Waals surface area contributed by atoms with E-state index in [1.54, 1.807) is 4.90 Å². The van der Waals surface area contributed by atoms with Crippen molar-refractivity contribution in [1.29, 1.82) is 0 Å². The van der Waals surface area contributed by atoms with Crippen LogP contribution in [0, 0.1) is 0 Å². The fraction of sp³-hybridized carbons (Fsp3) is 0.350. The number of aromatic amines is 2. The van der Waals surface area contributed by atoms with Gasteiger partial charge in [-0.25, -0.2) is 4.79 Å². The maximum atomic E-state index is 12.0. The Morgan fingerprint density at radius 2 is 1.71 bits per heavy atom. The van der Waals surface area contributed by atoms with Crippen LogP contribution in [0.5, 0.6) is 0 Å². The number of hydrogen-bond donors (Lipinski definition) is 5. The summed E-state index contributed by atoms with van der Waals surface area (Å²) in [7, 11) is 0. The standard InChI is InChI=1S/C14H16N4O2.C6H10N4.ClH/c15-13-11-8-18(7-6-12(11)16-17-13)14(19)20-9-10-4-2-1-3-5-10;7-6-4-3-8-2-1-5(4)9-10-6;/h1-5H,6-9H2,(H3,15,16,17);8H,1-3H2,(H3,7,9,10);1H. The number of nitrogens with two attached hydrogens (primary N) is 2. The minimum absolute atomic E-state index is 0. The minimum Gasteiger partial charge on any atom is -0.445 e.